The van der Waals surface area contributed by atoms with E-state index in [1.807, 2.05) is 6.07 Å². The lowest BCUT2D eigenvalue weighted by Crippen LogP contribution is -2.19. The lowest BCUT2D eigenvalue weighted by atomic mass is 10.0. The molecule has 2 heteroatoms. The van der Waals surface area contributed by atoms with Crippen LogP contribution in [0.4, 0.5) is 0 Å². The van der Waals surface area contributed by atoms with Crippen LogP contribution in [-0.2, 0) is 0 Å². The van der Waals surface area contributed by atoms with Gasteiger partial charge in [-0.05, 0) is 43.1 Å². The van der Waals surface area contributed by atoms with Crippen molar-refractivity contribution < 1.29 is 4.42 Å². The van der Waals surface area contributed by atoms with E-state index in [4.69, 9.17) is 4.42 Å². The zero-order valence-electron chi connectivity index (χ0n) is 10.4. The molecule has 17 heavy (non-hydrogen) atoms. The molecule has 0 spiro atoms. The third-order valence-electron chi connectivity index (χ3n) is 2.94. The van der Waals surface area contributed by atoms with Crippen molar-refractivity contribution in [2.45, 2.75) is 26.3 Å². The van der Waals surface area contributed by atoms with Gasteiger partial charge in [-0.25, -0.2) is 0 Å². The number of hydrogen-bond donors (Lipinski definition) is 1. The van der Waals surface area contributed by atoms with E-state index in [0.717, 1.165) is 18.5 Å². The first-order valence-electron chi connectivity index (χ1n) is 6.17. The Hall–Kier alpha value is -1.54. The van der Waals surface area contributed by atoms with Crippen molar-refractivity contribution in [2.24, 2.45) is 0 Å². The van der Waals surface area contributed by atoms with Crippen LogP contribution in [-0.4, -0.2) is 6.54 Å². The maximum absolute atomic E-state index is 5.12. The standard InChI is InChI=1S/C15H19NO/c1-3-8-16-12(2)13-5-4-6-14(10-13)15-7-9-17-11-15/h4-7,9-12,16H,3,8H2,1-2H3. The van der Waals surface area contributed by atoms with Crippen LogP contribution in [0.25, 0.3) is 11.1 Å². The third kappa shape index (κ3) is 2.98. The molecule has 1 heterocycles. The average Bonchev–Trinajstić information content (AvgIpc) is 2.90. The molecule has 0 bridgehead atoms. The monoisotopic (exact) mass is 229 g/mol. The summed E-state index contributed by atoms with van der Waals surface area (Å²) in [4.78, 5) is 0. The first-order valence-corrected chi connectivity index (χ1v) is 6.17. The molecule has 0 saturated carbocycles. The van der Waals surface area contributed by atoms with E-state index in [1.165, 1.54) is 11.1 Å². The molecule has 0 fully saturated rings. The molecule has 0 radical (unpaired) electrons. The topological polar surface area (TPSA) is 25.2 Å². The first-order chi connectivity index (χ1) is 8.31. The summed E-state index contributed by atoms with van der Waals surface area (Å²) in [6, 6.07) is 11.0. The van der Waals surface area contributed by atoms with E-state index in [9.17, 15) is 0 Å². The van der Waals surface area contributed by atoms with Crippen molar-refractivity contribution in [1.29, 1.82) is 0 Å². The molecular formula is C15H19NO. The van der Waals surface area contributed by atoms with E-state index >= 15 is 0 Å². The summed E-state index contributed by atoms with van der Waals surface area (Å²) in [5.74, 6) is 0. The molecule has 0 aliphatic carbocycles. The zero-order valence-corrected chi connectivity index (χ0v) is 10.4. The Morgan fingerprint density at radius 2 is 2.12 bits per heavy atom. The van der Waals surface area contributed by atoms with Crippen molar-refractivity contribution in [3.05, 3.63) is 48.4 Å². The lowest BCUT2D eigenvalue weighted by molar-refractivity contribution is 0.567. The van der Waals surface area contributed by atoms with Gasteiger partial charge >= 0.3 is 0 Å². The Morgan fingerprint density at radius 1 is 1.24 bits per heavy atom. The summed E-state index contributed by atoms with van der Waals surface area (Å²) in [6.07, 6.45) is 4.65. The largest absolute Gasteiger partial charge is 0.472 e. The second-order valence-electron chi connectivity index (χ2n) is 4.31. The van der Waals surface area contributed by atoms with Gasteiger partial charge in [0.05, 0.1) is 12.5 Å². The molecule has 1 aromatic carbocycles. The number of furan rings is 1. The molecule has 0 saturated heterocycles. The Bertz CT molecular complexity index is 448. The molecule has 1 N–H and O–H groups in total. The van der Waals surface area contributed by atoms with Crippen LogP contribution in [0.3, 0.4) is 0 Å². The quantitative estimate of drug-likeness (QED) is 0.838. The van der Waals surface area contributed by atoms with Gasteiger partial charge < -0.3 is 9.73 Å². The smallest absolute Gasteiger partial charge is 0.0980 e. The number of hydrogen-bond acceptors (Lipinski definition) is 2. The fraction of sp³-hybridized carbons (Fsp3) is 0.333. The fourth-order valence-electron chi connectivity index (χ4n) is 1.89. The molecule has 0 aliphatic heterocycles. The van der Waals surface area contributed by atoms with Crippen LogP contribution in [0.1, 0.15) is 31.9 Å². The van der Waals surface area contributed by atoms with Crippen molar-refractivity contribution in [3.8, 4) is 11.1 Å². The van der Waals surface area contributed by atoms with Gasteiger partial charge in [-0.1, -0.05) is 25.1 Å². The van der Waals surface area contributed by atoms with Gasteiger partial charge in [0.25, 0.3) is 0 Å². The SMILES string of the molecule is CCCNC(C)c1cccc(-c2ccoc2)c1. The Kier molecular flexibility index (Phi) is 3.99. The summed E-state index contributed by atoms with van der Waals surface area (Å²) in [5, 5.41) is 3.50. The molecule has 2 nitrogen and oxygen atoms in total. The second-order valence-corrected chi connectivity index (χ2v) is 4.31. The fourth-order valence-corrected chi connectivity index (χ4v) is 1.89. The summed E-state index contributed by atoms with van der Waals surface area (Å²) >= 11 is 0. The van der Waals surface area contributed by atoms with Gasteiger partial charge in [-0.2, -0.15) is 0 Å². The van der Waals surface area contributed by atoms with E-state index < -0.39 is 0 Å². The summed E-state index contributed by atoms with van der Waals surface area (Å²) in [6.45, 7) is 5.43. The van der Waals surface area contributed by atoms with Crippen molar-refractivity contribution in [1.82, 2.24) is 5.32 Å². The van der Waals surface area contributed by atoms with Crippen molar-refractivity contribution in [3.63, 3.8) is 0 Å². The molecular weight excluding hydrogens is 210 g/mol. The van der Waals surface area contributed by atoms with Crippen LogP contribution in [0.5, 0.6) is 0 Å². The van der Waals surface area contributed by atoms with Crippen LogP contribution < -0.4 is 5.32 Å². The molecule has 1 atom stereocenters. The van der Waals surface area contributed by atoms with Gasteiger partial charge in [0.1, 0.15) is 0 Å². The Balaban J connectivity index is 2.17. The minimum Gasteiger partial charge on any atom is -0.472 e. The highest BCUT2D eigenvalue weighted by Crippen LogP contribution is 2.23. The molecule has 2 rings (SSSR count). The van der Waals surface area contributed by atoms with E-state index in [2.05, 4.69) is 43.4 Å². The predicted octanol–water partition coefficient (Wildman–Crippen LogP) is 4.01. The number of rotatable bonds is 5. The molecule has 1 aromatic heterocycles. The minimum atomic E-state index is 0.391. The molecule has 2 aromatic rings. The number of nitrogens with one attached hydrogen (secondary N) is 1. The van der Waals surface area contributed by atoms with Crippen LogP contribution in [0.15, 0.2) is 47.3 Å². The maximum Gasteiger partial charge on any atom is 0.0980 e. The minimum absolute atomic E-state index is 0.391. The van der Waals surface area contributed by atoms with E-state index in [1.54, 1.807) is 12.5 Å². The highest BCUT2D eigenvalue weighted by molar-refractivity contribution is 5.62. The highest BCUT2D eigenvalue weighted by Gasteiger charge is 2.06. The lowest BCUT2D eigenvalue weighted by Gasteiger charge is -2.14. The maximum atomic E-state index is 5.12. The molecule has 0 aliphatic rings. The van der Waals surface area contributed by atoms with E-state index in [0.29, 0.717) is 6.04 Å². The highest BCUT2D eigenvalue weighted by atomic mass is 16.3. The normalized spacial score (nSPS) is 12.6. The van der Waals surface area contributed by atoms with Crippen LogP contribution >= 0.6 is 0 Å². The van der Waals surface area contributed by atoms with Gasteiger partial charge in [-0.15, -0.1) is 0 Å². The number of benzene rings is 1. The zero-order chi connectivity index (χ0) is 12.1. The van der Waals surface area contributed by atoms with Gasteiger partial charge in [0.2, 0.25) is 0 Å². The Morgan fingerprint density at radius 3 is 2.82 bits per heavy atom. The Labute approximate surface area is 103 Å². The van der Waals surface area contributed by atoms with Gasteiger partial charge in [-0.3, -0.25) is 0 Å². The second kappa shape index (κ2) is 5.69. The predicted molar refractivity (Wildman–Crippen MR) is 70.9 cm³/mol. The van der Waals surface area contributed by atoms with Crippen LogP contribution in [0.2, 0.25) is 0 Å². The van der Waals surface area contributed by atoms with Crippen LogP contribution in [0, 0.1) is 0 Å². The summed E-state index contributed by atoms with van der Waals surface area (Å²) < 4.78 is 5.12. The average molecular weight is 229 g/mol. The molecule has 0 amide bonds. The van der Waals surface area contributed by atoms with Crippen molar-refractivity contribution >= 4 is 0 Å². The summed E-state index contributed by atoms with van der Waals surface area (Å²) in [5.41, 5.74) is 3.66. The van der Waals surface area contributed by atoms with Crippen molar-refractivity contribution in [2.75, 3.05) is 6.54 Å². The summed E-state index contributed by atoms with van der Waals surface area (Å²) in [7, 11) is 0. The van der Waals surface area contributed by atoms with Gasteiger partial charge in [0, 0.05) is 11.6 Å². The third-order valence-corrected chi connectivity index (χ3v) is 2.94. The van der Waals surface area contributed by atoms with E-state index in [-0.39, 0.29) is 0 Å². The van der Waals surface area contributed by atoms with Gasteiger partial charge in [0.15, 0.2) is 0 Å². The molecule has 1 unspecified atom stereocenters. The first kappa shape index (κ1) is 11.9. The molecule has 90 valence electrons.